The molecule has 0 aromatic heterocycles. The van der Waals surface area contributed by atoms with Gasteiger partial charge in [0.15, 0.2) is 0 Å². The molecule has 2 atom stereocenters. The molecule has 226 valence electrons. The molecule has 2 aromatic rings. The molecule has 2 aromatic carbocycles. The predicted molar refractivity (Wildman–Crippen MR) is 160 cm³/mol. The maximum absolute atomic E-state index is 13.9. The standard InChI is InChI=1S/C33H44N4O5/c38-30-29(15-7-8-19-34-32(40)42-25-27-12-5-2-6-13-27)35-31(39)33(37(30)24-28-14-9-23-41-28)17-21-36(22-18-33)20-16-26-10-3-1-4-11-26/h1-6,10-13,28-29H,7-9,14-25H2,(H,34,40)(H,35,39). The van der Waals surface area contributed by atoms with Gasteiger partial charge in [0, 0.05) is 39.3 Å². The highest BCUT2D eigenvalue weighted by Gasteiger charge is 2.53. The van der Waals surface area contributed by atoms with Crippen molar-refractivity contribution < 1.29 is 23.9 Å². The number of rotatable bonds is 12. The molecule has 3 amide bonds. The third-order valence-electron chi connectivity index (χ3n) is 8.86. The number of hydrogen-bond acceptors (Lipinski definition) is 6. The lowest BCUT2D eigenvalue weighted by Gasteiger charge is -2.52. The summed E-state index contributed by atoms with van der Waals surface area (Å²) in [6.07, 6.45) is 5.59. The first-order valence-corrected chi connectivity index (χ1v) is 15.5. The number of hydrogen-bond donors (Lipinski definition) is 2. The summed E-state index contributed by atoms with van der Waals surface area (Å²) >= 11 is 0. The molecular weight excluding hydrogens is 532 g/mol. The Bertz CT molecular complexity index is 1160. The lowest BCUT2D eigenvalue weighted by Crippen LogP contribution is -2.73. The Morgan fingerprint density at radius 3 is 2.40 bits per heavy atom. The van der Waals surface area contributed by atoms with E-state index in [4.69, 9.17) is 9.47 Å². The predicted octanol–water partition coefficient (Wildman–Crippen LogP) is 3.67. The first-order valence-electron chi connectivity index (χ1n) is 15.5. The van der Waals surface area contributed by atoms with Gasteiger partial charge in [-0.25, -0.2) is 4.79 Å². The molecule has 0 saturated carbocycles. The van der Waals surface area contributed by atoms with Crippen molar-refractivity contribution in [2.24, 2.45) is 0 Å². The van der Waals surface area contributed by atoms with Crippen molar-refractivity contribution in [2.45, 2.75) is 75.7 Å². The number of unbranched alkanes of at least 4 members (excludes halogenated alkanes) is 1. The molecule has 1 spiro atoms. The van der Waals surface area contributed by atoms with E-state index < -0.39 is 17.7 Å². The van der Waals surface area contributed by atoms with Crippen molar-refractivity contribution in [1.29, 1.82) is 0 Å². The lowest BCUT2D eigenvalue weighted by molar-refractivity contribution is -0.163. The fraction of sp³-hybridized carbons (Fsp3) is 0.545. The summed E-state index contributed by atoms with van der Waals surface area (Å²) in [5, 5.41) is 5.86. The molecule has 2 N–H and O–H groups in total. The van der Waals surface area contributed by atoms with Crippen LogP contribution in [0.4, 0.5) is 4.79 Å². The van der Waals surface area contributed by atoms with Gasteiger partial charge in [-0.05, 0) is 62.5 Å². The third kappa shape index (κ3) is 7.69. The van der Waals surface area contributed by atoms with Gasteiger partial charge < -0.3 is 29.9 Å². The van der Waals surface area contributed by atoms with Crippen molar-refractivity contribution in [2.75, 3.05) is 39.3 Å². The summed E-state index contributed by atoms with van der Waals surface area (Å²) in [5.74, 6) is -0.0338. The number of alkyl carbamates (subject to hydrolysis) is 1. The number of carbonyl (C=O) groups excluding carboxylic acids is 3. The monoisotopic (exact) mass is 576 g/mol. The van der Waals surface area contributed by atoms with Crippen molar-refractivity contribution in [1.82, 2.24) is 20.4 Å². The fourth-order valence-electron chi connectivity index (χ4n) is 6.34. The molecule has 9 heteroatoms. The molecule has 3 aliphatic heterocycles. The molecule has 9 nitrogen and oxygen atoms in total. The van der Waals surface area contributed by atoms with Gasteiger partial charge in [-0.15, -0.1) is 0 Å². The number of nitrogens with one attached hydrogen (secondary N) is 2. The van der Waals surface area contributed by atoms with Crippen LogP contribution in [0.3, 0.4) is 0 Å². The minimum absolute atomic E-state index is 0.00179. The van der Waals surface area contributed by atoms with Gasteiger partial charge in [0.25, 0.3) is 0 Å². The van der Waals surface area contributed by atoms with Crippen LogP contribution in [0.1, 0.15) is 56.1 Å². The molecule has 2 unspecified atom stereocenters. The number of carbonyl (C=O) groups is 3. The van der Waals surface area contributed by atoms with E-state index in [-0.39, 0.29) is 24.5 Å². The molecule has 3 aliphatic rings. The van der Waals surface area contributed by atoms with E-state index in [2.05, 4.69) is 39.8 Å². The van der Waals surface area contributed by atoms with Gasteiger partial charge in [0.05, 0.1) is 6.10 Å². The molecule has 0 radical (unpaired) electrons. The zero-order valence-electron chi connectivity index (χ0n) is 24.5. The number of amides is 3. The number of piperidine rings is 1. The summed E-state index contributed by atoms with van der Waals surface area (Å²) in [5.41, 5.74) is 1.43. The quantitative estimate of drug-likeness (QED) is 0.374. The molecule has 0 aliphatic carbocycles. The molecule has 42 heavy (non-hydrogen) atoms. The largest absolute Gasteiger partial charge is 0.445 e. The smallest absolute Gasteiger partial charge is 0.407 e. The summed E-state index contributed by atoms with van der Waals surface area (Å²) in [7, 11) is 0. The highest BCUT2D eigenvalue weighted by atomic mass is 16.5. The highest BCUT2D eigenvalue weighted by Crippen LogP contribution is 2.35. The Morgan fingerprint density at radius 1 is 1.00 bits per heavy atom. The number of likely N-dealkylation sites (tertiary alicyclic amines) is 1. The van der Waals surface area contributed by atoms with Crippen LogP contribution in [0.5, 0.6) is 0 Å². The normalized spacial score (nSPS) is 22.2. The van der Waals surface area contributed by atoms with Gasteiger partial charge in [0.2, 0.25) is 11.8 Å². The SMILES string of the molecule is O=C(NCCCCC1NC(=O)C2(CCN(CCc3ccccc3)CC2)N(CC2CCCO2)C1=O)OCc1ccccc1. The third-order valence-corrected chi connectivity index (χ3v) is 8.86. The van der Waals surface area contributed by atoms with Crippen LogP contribution >= 0.6 is 0 Å². The number of benzene rings is 2. The van der Waals surface area contributed by atoms with Crippen LogP contribution in [-0.4, -0.2) is 84.7 Å². The van der Waals surface area contributed by atoms with Crippen molar-refractivity contribution in [3.63, 3.8) is 0 Å². The van der Waals surface area contributed by atoms with E-state index in [1.54, 1.807) is 0 Å². The molecule has 3 fully saturated rings. The average Bonchev–Trinajstić information content (AvgIpc) is 3.55. The zero-order valence-corrected chi connectivity index (χ0v) is 24.5. The second-order valence-electron chi connectivity index (χ2n) is 11.7. The summed E-state index contributed by atoms with van der Waals surface area (Å²) in [4.78, 5) is 43.9. The molecule has 5 rings (SSSR count). The molecule has 3 heterocycles. The molecule has 0 bridgehead atoms. The van der Waals surface area contributed by atoms with Crippen LogP contribution in [-0.2, 0) is 32.1 Å². The first-order chi connectivity index (χ1) is 20.5. The van der Waals surface area contributed by atoms with Crippen LogP contribution in [0.15, 0.2) is 60.7 Å². The Balaban J connectivity index is 1.11. The van der Waals surface area contributed by atoms with E-state index in [9.17, 15) is 14.4 Å². The van der Waals surface area contributed by atoms with E-state index in [1.807, 2.05) is 41.3 Å². The van der Waals surface area contributed by atoms with Gasteiger partial charge in [-0.1, -0.05) is 60.7 Å². The van der Waals surface area contributed by atoms with Gasteiger partial charge in [0.1, 0.15) is 18.2 Å². The Hall–Kier alpha value is -3.43. The van der Waals surface area contributed by atoms with Crippen LogP contribution in [0, 0.1) is 0 Å². The van der Waals surface area contributed by atoms with Crippen molar-refractivity contribution in [3.05, 3.63) is 71.8 Å². The van der Waals surface area contributed by atoms with Gasteiger partial charge >= 0.3 is 6.09 Å². The zero-order chi connectivity index (χ0) is 29.2. The summed E-state index contributed by atoms with van der Waals surface area (Å²) in [6, 6.07) is 19.5. The Kier molecular flexibility index (Phi) is 10.5. The highest BCUT2D eigenvalue weighted by molar-refractivity contribution is 6.00. The van der Waals surface area contributed by atoms with Crippen LogP contribution in [0.2, 0.25) is 0 Å². The van der Waals surface area contributed by atoms with E-state index in [0.717, 1.165) is 44.5 Å². The summed E-state index contributed by atoms with van der Waals surface area (Å²) in [6.45, 7) is 4.37. The second-order valence-corrected chi connectivity index (χ2v) is 11.7. The molecule has 3 saturated heterocycles. The number of piperazine rings is 1. The van der Waals surface area contributed by atoms with Crippen molar-refractivity contribution >= 4 is 17.9 Å². The lowest BCUT2D eigenvalue weighted by atomic mass is 9.81. The van der Waals surface area contributed by atoms with Crippen LogP contribution in [0.25, 0.3) is 0 Å². The average molecular weight is 577 g/mol. The van der Waals surface area contributed by atoms with Gasteiger partial charge in [-0.3, -0.25) is 9.59 Å². The van der Waals surface area contributed by atoms with Gasteiger partial charge in [-0.2, -0.15) is 0 Å². The number of ether oxygens (including phenoxy) is 2. The van der Waals surface area contributed by atoms with Crippen molar-refractivity contribution in [3.8, 4) is 0 Å². The van der Waals surface area contributed by atoms with E-state index >= 15 is 0 Å². The maximum atomic E-state index is 13.9. The van der Waals surface area contributed by atoms with Crippen LogP contribution < -0.4 is 10.6 Å². The van der Waals surface area contributed by atoms with E-state index in [0.29, 0.717) is 51.8 Å². The molecular formula is C33H44N4O5. The van der Waals surface area contributed by atoms with E-state index in [1.165, 1.54) is 5.56 Å². The topological polar surface area (TPSA) is 100 Å². The number of nitrogens with zero attached hydrogens (tertiary/aromatic N) is 2. The first kappa shape index (κ1) is 30.0. The summed E-state index contributed by atoms with van der Waals surface area (Å²) < 4.78 is 11.2. The second kappa shape index (κ2) is 14.6. The Labute approximate surface area is 248 Å². The minimum atomic E-state index is -0.813. The fourth-order valence-corrected chi connectivity index (χ4v) is 6.34. The maximum Gasteiger partial charge on any atom is 0.407 e. The Morgan fingerprint density at radius 2 is 1.71 bits per heavy atom. The minimum Gasteiger partial charge on any atom is -0.445 e.